The number of esters is 1. The van der Waals surface area contributed by atoms with Gasteiger partial charge in [0.2, 0.25) is 11.1 Å². The van der Waals surface area contributed by atoms with Crippen LogP contribution < -0.4 is 16.4 Å². The van der Waals surface area contributed by atoms with Crippen LogP contribution in [0.2, 0.25) is 0 Å². The van der Waals surface area contributed by atoms with Gasteiger partial charge in [-0.3, -0.25) is 33.0 Å². The number of imidazole rings is 1. The van der Waals surface area contributed by atoms with E-state index >= 15 is 0 Å². The molecule has 1 aliphatic heterocycles. The summed E-state index contributed by atoms with van der Waals surface area (Å²) in [7, 11) is -4.12. The second kappa shape index (κ2) is 14.1. The van der Waals surface area contributed by atoms with Crippen LogP contribution in [0, 0.1) is 5.41 Å². The number of thioether (sulfide) groups is 1. The van der Waals surface area contributed by atoms with E-state index in [0.717, 1.165) is 17.3 Å². The summed E-state index contributed by atoms with van der Waals surface area (Å²) in [5.74, 6) is -0.813. The number of nitrogens with zero attached hydrogens (tertiary/aromatic N) is 3. The van der Waals surface area contributed by atoms with E-state index in [9.17, 15) is 29.2 Å². The second-order valence-corrected chi connectivity index (χ2v) is 15.6. The minimum absolute atomic E-state index is 0.0192. The summed E-state index contributed by atoms with van der Waals surface area (Å²) in [5, 5.41) is 24.6. The number of nitrogens with one attached hydrogen (secondary N) is 2. The Hall–Kier alpha value is -3.15. The number of hydrogen-bond acceptors (Lipinski definition) is 14. The molecule has 0 bridgehead atoms. The SMILES string of the molecule is CC(C)(C)OC(=O)C(C)(C)C(=O)SCCOP(=O)(NCc1ccccc1)OC[C@H]1O[C@@H](n2cnc3c(=O)[nH]c(N)nc32)C(C)(O)[C@H]1O. The molecule has 2 aromatic heterocycles. The third-order valence-electron chi connectivity index (χ3n) is 7.18. The third-order valence-corrected chi connectivity index (χ3v) is 9.88. The van der Waals surface area contributed by atoms with E-state index in [1.165, 1.54) is 31.7 Å². The van der Waals surface area contributed by atoms with Crippen LogP contribution in [0.1, 0.15) is 53.3 Å². The molecular weight excluding hydrogens is 655 g/mol. The smallest absolute Gasteiger partial charge is 0.405 e. The van der Waals surface area contributed by atoms with Crippen LogP contribution in [0.25, 0.3) is 11.2 Å². The Bertz CT molecular complexity index is 1690. The number of carbonyl (C=O) groups is 2. The Balaban J connectivity index is 1.44. The first-order chi connectivity index (χ1) is 21.8. The third kappa shape index (κ3) is 8.66. The highest BCUT2D eigenvalue weighted by molar-refractivity contribution is 8.13. The quantitative estimate of drug-likeness (QED) is 0.0747. The molecule has 16 nitrogen and oxygen atoms in total. The van der Waals surface area contributed by atoms with Gasteiger partial charge in [0.1, 0.15) is 28.8 Å². The summed E-state index contributed by atoms with van der Waals surface area (Å²) in [6.45, 7) is 8.77. The van der Waals surface area contributed by atoms with Gasteiger partial charge in [-0.25, -0.2) is 14.6 Å². The van der Waals surface area contributed by atoms with Crippen LogP contribution in [-0.4, -0.2) is 83.2 Å². The van der Waals surface area contributed by atoms with Crippen molar-refractivity contribution in [2.75, 3.05) is 24.7 Å². The van der Waals surface area contributed by atoms with E-state index in [-0.39, 0.29) is 36.0 Å². The van der Waals surface area contributed by atoms with Crippen molar-refractivity contribution in [3.8, 4) is 0 Å². The number of nitrogens with two attached hydrogens (primary N) is 1. The lowest BCUT2D eigenvalue weighted by atomic mass is 9.95. The first kappa shape index (κ1) is 36.7. The Morgan fingerprint density at radius 1 is 1.21 bits per heavy atom. The van der Waals surface area contributed by atoms with Crippen molar-refractivity contribution < 1.29 is 42.9 Å². The van der Waals surface area contributed by atoms with E-state index in [4.69, 9.17) is 24.3 Å². The predicted molar refractivity (Wildman–Crippen MR) is 173 cm³/mol. The lowest BCUT2D eigenvalue weighted by Gasteiger charge is -2.27. The maximum atomic E-state index is 13.9. The van der Waals surface area contributed by atoms with Crippen LogP contribution in [0.3, 0.4) is 0 Å². The van der Waals surface area contributed by atoms with Gasteiger partial charge in [0.15, 0.2) is 17.4 Å². The summed E-state index contributed by atoms with van der Waals surface area (Å²) in [6, 6.07) is 9.04. The maximum absolute atomic E-state index is 13.9. The van der Waals surface area contributed by atoms with Crippen LogP contribution in [0.5, 0.6) is 0 Å². The zero-order valence-electron chi connectivity index (χ0n) is 27.0. The molecule has 3 aromatic rings. The van der Waals surface area contributed by atoms with Crippen molar-refractivity contribution in [1.82, 2.24) is 24.6 Å². The molecule has 1 fully saturated rings. The lowest BCUT2D eigenvalue weighted by Crippen LogP contribution is -2.44. The minimum Gasteiger partial charge on any atom is -0.459 e. The Labute approximate surface area is 275 Å². The number of fused-ring (bicyclic) bond motifs is 1. The van der Waals surface area contributed by atoms with E-state index in [1.807, 2.05) is 6.07 Å². The number of nitrogen functional groups attached to an aromatic ring is 1. The standard InChI is InChI=1S/C29H41N6O10PS/c1-27(2,3)45-24(38)28(4,5)25(39)47-13-12-42-46(41,32-14-17-10-8-7-9-11-17)43-15-18-20(36)29(6,40)23(44-18)35-16-31-19-21(35)33-26(30)34-22(19)37/h7-11,16,18,20,23,36,40H,12-15H2,1-6H3,(H,32,41)(H3,30,33,34,37)/t18-,20+,23-,29?,46?/m1/s1. The highest BCUT2D eigenvalue weighted by atomic mass is 32.2. The fraction of sp³-hybridized carbons (Fsp3) is 0.552. The average molecular weight is 697 g/mol. The number of aromatic nitrogens is 4. The van der Waals surface area contributed by atoms with E-state index in [2.05, 4.69) is 20.0 Å². The van der Waals surface area contributed by atoms with Gasteiger partial charge in [-0.15, -0.1) is 0 Å². The maximum Gasteiger partial charge on any atom is 0.405 e. The number of benzene rings is 1. The molecule has 0 aliphatic carbocycles. The van der Waals surface area contributed by atoms with Crippen molar-refractivity contribution in [2.45, 2.75) is 77.7 Å². The Morgan fingerprint density at radius 2 is 1.89 bits per heavy atom. The summed E-state index contributed by atoms with van der Waals surface area (Å²) in [5.41, 5.74) is 1.71. The van der Waals surface area contributed by atoms with Crippen molar-refractivity contribution in [3.63, 3.8) is 0 Å². The second-order valence-electron chi connectivity index (χ2n) is 12.7. The minimum atomic E-state index is -4.12. The first-order valence-electron chi connectivity index (χ1n) is 14.7. The fourth-order valence-corrected chi connectivity index (χ4v) is 6.77. The van der Waals surface area contributed by atoms with Gasteiger partial charge in [0, 0.05) is 12.3 Å². The van der Waals surface area contributed by atoms with Crippen LogP contribution in [0.15, 0.2) is 41.5 Å². The number of H-pyrrole nitrogens is 1. The highest BCUT2D eigenvalue weighted by Gasteiger charge is 2.54. The highest BCUT2D eigenvalue weighted by Crippen LogP contribution is 2.47. The number of aliphatic hydroxyl groups is 2. The molecule has 258 valence electrons. The van der Waals surface area contributed by atoms with E-state index in [1.54, 1.807) is 45.0 Å². The van der Waals surface area contributed by atoms with Crippen molar-refractivity contribution >= 4 is 47.7 Å². The number of ether oxygens (including phenoxy) is 2. The molecule has 1 saturated heterocycles. The van der Waals surface area contributed by atoms with Gasteiger partial charge in [-0.05, 0) is 47.1 Å². The van der Waals surface area contributed by atoms with Crippen molar-refractivity contribution in [1.29, 1.82) is 0 Å². The fourth-order valence-electron chi connectivity index (χ4n) is 4.54. The molecule has 3 heterocycles. The normalized spacial score (nSPS) is 23.1. The number of hydrogen-bond donors (Lipinski definition) is 5. The number of anilines is 1. The monoisotopic (exact) mass is 696 g/mol. The topological polar surface area (TPSA) is 230 Å². The van der Waals surface area contributed by atoms with Crippen molar-refractivity contribution in [2.24, 2.45) is 5.41 Å². The molecule has 4 rings (SSSR count). The molecular formula is C29H41N6O10PS. The summed E-state index contributed by atoms with van der Waals surface area (Å²) >= 11 is 0.823. The largest absolute Gasteiger partial charge is 0.459 e. The Morgan fingerprint density at radius 3 is 2.55 bits per heavy atom. The van der Waals surface area contributed by atoms with Crippen LogP contribution >= 0.6 is 19.5 Å². The Kier molecular flexibility index (Phi) is 11.0. The molecule has 1 aliphatic rings. The van der Waals surface area contributed by atoms with Gasteiger partial charge in [0.05, 0.1) is 19.5 Å². The molecule has 0 saturated carbocycles. The number of rotatable bonds is 13. The van der Waals surface area contributed by atoms with Crippen LogP contribution in [0.4, 0.5) is 5.95 Å². The first-order valence-corrected chi connectivity index (χ1v) is 17.2. The van der Waals surface area contributed by atoms with Gasteiger partial charge in [0.25, 0.3) is 5.56 Å². The summed E-state index contributed by atoms with van der Waals surface area (Å²) < 4.78 is 37.8. The predicted octanol–water partition coefficient (Wildman–Crippen LogP) is 2.27. The van der Waals surface area contributed by atoms with Gasteiger partial charge >= 0.3 is 13.7 Å². The lowest BCUT2D eigenvalue weighted by molar-refractivity contribution is -0.166. The summed E-state index contributed by atoms with van der Waals surface area (Å²) in [4.78, 5) is 48.1. The van der Waals surface area contributed by atoms with Crippen molar-refractivity contribution in [3.05, 3.63) is 52.6 Å². The number of carbonyl (C=O) groups excluding carboxylic acids is 2. The molecule has 6 N–H and O–H groups in total. The van der Waals surface area contributed by atoms with Crippen LogP contribution in [-0.2, 0) is 39.2 Å². The number of aromatic amines is 1. The zero-order chi connectivity index (χ0) is 34.8. The molecule has 0 spiro atoms. The molecule has 5 atom stereocenters. The molecule has 0 amide bonds. The molecule has 1 aromatic carbocycles. The van der Waals surface area contributed by atoms with Gasteiger partial charge in [-0.1, -0.05) is 42.1 Å². The molecule has 2 unspecified atom stereocenters. The molecule has 0 radical (unpaired) electrons. The van der Waals surface area contributed by atoms with E-state index in [0.29, 0.717) is 0 Å². The molecule has 47 heavy (non-hydrogen) atoms. The number of aliphatic hydroxyl groups excluding tert-OH is 1. The zero-order valence-corrected chi connectivity index (χ0v) is 28.7. The summed E-state index contributed by atoms with van der Waals surface area (Å²) in [6.07, 6.45) is -2.82. The van der Waals surface area contributed by atoms with E-state index < -0.39 is 66.1 Å². The van der Waals surface area contributed by atoms with Gasteiger partial charge < -0.3 is 25.4 Å². The average Bonchev–Trinajstić information content (AvgIpc) is 3.50. The van der Waals surface area contributed by atoms with Gasteiger partial charge in [-0.2, -0.15) is 4.98 Å². The molecule has 18 heteroatoms.